The molecule has 0 bridgehead atoms. The summed E-state index contributed by atoms with van der Waals surface area (Å²) in [6, 6.07) is 0. The van der Waals surface area contributed by atoms with Crippen LogP contribution in [0.15, 0.2) is 23.3 Å². The molecule has 68 valence electrons. The smallest absolute Gasteiger partial charge is 0.181 e. The molecule has 2 aromatic heterocycles. The van der Waals surface area contributed by atoms with E-state index in [1.807, 2.05) is 11.6 Å². The summed E-state index contributed by atoms with van der Waals surface area (Å²) < 4.78 is 7.08. The molecule has 2 heterocycles. The topological polar surface area (TPSA) is 43.9 Å². The Kier molecular flexibility index (Phi) is 2.06. The van der Waals surface area contributed by atoms with E-state index < -0.39 is 0 Å². The molecular weight excluding hydrogens is 190 g/mol. The number of oxazole rings is 1. The average molecular weight is 198 g/mol. The summed E-state index contributed by atoms with van der Waals surface area (Å²) in [6.45, 7) is 0. The Labute approximate surface area is 80.2 Å². The molecule has 2 rings (SSSR count). The second kappa shape index (κ2) is 3.22. The van der Waals surface area contributed by atoms with E-state index in [9.17, 15) is 0 Å². The lowest BCUT2D eigenvalue weighted by molar-refractivity contribution is 0.566. The molecule has 0 aliphatic rings. The van der Waals surface area contributed by atoms with Gasteiger partial charge in [-0.2, -0.15) is 0 Å². The highest BCUT2D eigenvalue weighted by molar-refractivity contribution is 6.17. The van der Waals surface area contributed by atoms with Crippen LogP contribution >= 0.6 is 11.6 Å². The van der Waals surface area contributed by atoms with Gasteiger partial charge in [0.2, 0.25) is 0 Å². The van der Waals surface area contributed by atoms with Crippen LogP contribution < -0.4 is 0 Å². The van der Waals surface area contributed by atoms with Gasteiger partial charge in [-0.25, -0.2) is 9.97 Å². The van der Waals surface area contributed by atoms with Crippen LogP contribution in [-0.2, 0) is 12.9 Å². The zero-order chi connectivity index (χ0) is 9.26. The van der Waals surface area contributed by atoms with Crippen LogP contribution in [0.3, 0.4) is 0 Å². The van der Waals surface area contributed by atoms with Crippen molar-refractivity contribution in [2.45, 2.75) is 5.88 Å². The summed E-state index contributed by atoms with van der Waals surface area (Å²) in [5.41, 5.74) is 1.62. The van der Waals surface area contributed by atoms with Crippen molar-refractivity contribution in [1.29, 1.82) is 0 Å². The SMILES string of the molecule is Cn1cncc1-c1ocnc1CCl. The van der Waals surface area contributed by atoms with Gasteiger partial charge in [-0.15, -0.1) is 11.6 Å². The second-order valence-corrected chi connectivity index (χ2v) is 2.92. The molecule has 0 radical (unpaired) electrons. The molecule has 0 aliphatic carbocycles. The van der Waals surface area contributed by atoms with E-state index in [4.69, 9.17) is 16.0 Å². The Morgan fingerprint density at radius 2 is 2.46 bits per heavy atom. The van der Waals surface area contributed by atoms with Gasteiger partial charge in [-0.05, 0) is 0 Å². The third kappa shape index (κ3) is 1.33. The fraction of sp³-hybridized carbons (Fsp3) is 0.250. The number of hydrogen-bond donors (Lipinski definition) is 0. The zero-order valence-corrected chi connectivity index (χ0v) is 7.82. The molecule has 0 aliphatic heterocycles. The van der Waals surface area contributed by atoms with Gasteiger partial charge >= 0.3 is 0 Å². The van der Waals surface area contributed by atoms with Gasteiger partial charge in [-0.1, -0.05) is 0 Å². The third-order valence-electron chi connectivity index (χ3n) is 1.82. The van der Waals surface area contributed by atoms with Gasteiger partial charge in [0.05, 0.1) is 18.4 Å². The van der Waals surface area contributed by atoms with E-state index in [-0.39, 0.29) is 0 Å². The minimum atomic E-state index is 0.344. The average Bonchev–Trinajstić information content (AvgIpc) is 2.71. The summed E-state index contributed by atoms with van der Waals surface area (Å²) in [7, 11) is 1.89. The molecule has 2 aromatic rings. The number of aromatic nitrogens is 3. The summed E-state index contributed by atoms with van der Waals surface area (Å²) in [4.78, 5) is 7.98. The summed E-state index contributed by atoms with van der Waals surface area (Å²) in [5.74, 6) is 1.03. The lowest BCUT2D eigenvalue weighted by Crippen LogP contribution is -1.90. The minimum Gasteiger partial charge on any atom is -0.442 e. The Balaban J connectivity index is 2.52. The maximum atomic E-state index is 5.69. The molecule has 13 heavy (non-hydrogen) atoms. The van der Waals surface area contributed by atoms with Crippen LogP contribution in [0.25, 0.3) is 11.5 Å². The zero-order valence-electron chi connectivity index (χ0n) is 7.07. The van der Waals surface area contributed by atoms with Crippen molar-refractivity contribution < 1.29 is 4.42 Å². The highest BCUT2D eigenvalue weighted by atomic mass is 35.5. The standard InChI is InChI=1S/C8H8ClN3O/c1-12-4-10-3-7(12)8-6(2-9)11-5-13-8/h3-5H,2H2,1H3. The third-order valence-corrected chi connectivity index (χ3v) is 2.07. The quantitative estimate of drug-likeness (QED) is 0.690. The van der Waals surface area contributed by atoms with Crippen LogP contribution in [0.2, 0.25) is 0 Å². The number of alkyl halides is 1. The Hall–Kier alpha value is -1.29. The lowest BCUT2D eigenvalue weighted by Gasteiger charge is -1.98. The van der Waals surface area contributed by atoms with Crippen LogP contribution in [0.5, 0.6) is 0 Å². The maximum absolute atomic E-state index is 5.69. The molecule has 0 atom stereocenters. The maximum Gasteiger partial charge on any atom is 0.181 e. The first kappa shape index (κ1) is 8.31. The molecule has 0 N–H and O–H groups in total. The monoisotopic (exact) mass is 197 g/mol. The molecule has 0 fully saturated rings. The first-order valence-corrected chi connectivity index (χ1v) is 4.31. The first-order valence-electron chi connectivity index (χ1n) is 3.78. The number of imidazole rings is 1. The number of hydrogen-bond acceptors (Lipinski definition) is 3. The summed E-state index contributed by atoms with van der Waals surface area (Å²) in [6.07, 6.45) is 4.81. The largest absolute Gasteiger partial charge is 0.442 e. The van der Waals surface area contributed by atoms with Crippen molar-refractivity contribution in [3.05, 3.63) is 24.6 Å². The van der Waals surface area contributed by atoms with Gasteiger partial charge in [-0.3, -0.25) is 0 Å². The molecule has 0 saturated heterocycles. The Morgan fingerprint density at radius 1 is 1.62 bits per heavy atom. The Bertz CT molecular complexity index is 407. The van der Waals surface area contributed by atoms with Crippen LogP contribution in [0.4, 0.5) is 0 Å². The highest BCUT2D eigenvalue weighted by Crippen LogP contribution is 2.22. The highest BCUT2D eigenvalue weighted by Gasteiger charge is 2.12. The molecule has 5 heteroatoms. The van der Waals surface area contributed by atoms with Gasteiger partial charge in [0.25, 0.3) is 0 Å². The fourth-order valence-corrected chi connectivity index (χ4v) is 1.34. The van der Waals surface area contributed by atoms with Crippen LogP contribution in [0.1, 0.15) is 5.69 Å². The second-order valence-electron chi connectivity index (χ2n) is 2.65. The molecule has 0 spiro atoms. The van der Waals surface area contributed by atoms with E-state index in [1.54, 1.807) is 12.5 Å². The van der Waals surface area contributed by atoms with E-state index >= 15 is 0 Å². The molecule has 0 unspecified atom stereocenters. The number of halogens is 1. The van der Waals surface area contributed by atoms with E-state index in [0.29, 0.717) is 11.6 Å². The molecular formula is C8H8ClN3O. The van der Waals surface area contributed by atoms with Gasteiger partial charge in [0, 0.05) is 7.05 Å². The van der Waals surface area contributed by atoms with E-state index in [2.05, 4.69) is 9.97 Å². The fourth-order valence-electron chi connectivity index (χ4n) is 1.15. The van der Waals surface area contributed by atoms with Crippen LogP contribution in [0, 0.1) is 0 Å². The molecule has 4 nitrogen and oxygen atoms in total. The summed E-state index contributed by atoms with van der Waals surface area (Å²) in [5, 5.41) is 0. The van der Waals surface area contributed by atoms with Crippen molar-refractivity contribution in [3.63, 3.8) is 0 Å². The van der Waals surface area contributed by atoms with E-state index in [1.165, 1.54) is 6.39 Å². The molecule has 0 saturated carbocycles. The van der Waals surface area contributed by atoms with E-state index in [0.717, 1.165) is 11.4 Å². The van der Waals surface area contributed by atoms with Gasteiger partial charge < -0.3 is 8.98 Å². The Morgan fingerprint density at radius 3 is 3.08 bits per heavy atom. The van der Waals surface area contributed by atoms with Crippen molar-refractivity contribution in [1.82, 2.24) is 14.5 Å². The number of rotatable bonds is 2. The predicted octanol–water partition coefficient (Wildman–Crippen LogP) is 1.81. The molecule has 0 amide bonds. The van der Waals surface area contributed by atoms with Crippen molar-refractivity contribution in [2.24, 2.45) is 7.05 Å². The molecule has 0 aromatic carbocycles. The lowest BCUT2D eigenvalue weighted by atomic mass is 10.3. The number of nitrogens with zero attached hydrogens (tertiary/aromatic N) is 3. The van der Waals surface area contributed by atoms with Crippen LogP contribution in [-0.4, -0.2) is 14.5 Å². The van der Waals surface area contributed by atoms with Gasteiger partial charge in [0.1, 0.15) is 11.4 Å². The van der Waals surface area contributed by atoms with Crippen molar-refractivity contribution >= 4 is 11.6 Å². The summed E-state index contributed by atoms with van der Waals surface area (Å²) >= 11 is 5.69. The van der Waals surface area contributed by atoms with Crippen molar-refractivity contribution in [3.8, 4) is 11.5 Å². The number of aryl methyl sites for hydroxylation is 1. The first-order chi connectivity index (χ1) is 6.33. The minimum absolute atomic E-state index is 0.344. The van der Waals surface area contributed by atoms with Crippen molar-refractivity contribution in [2.75, 3.05) is 0 Å². The predicted molar refractivity (Wildman–Crippen MR) is 48.3 cm³/mol. The normalized spacial score (nSPS) is 10.6. The van der Waals surface area contributed by atoms with Gasteiger partial charge in [0.15, 0.2) is 12.2 Å².